The Labute approximate surface area is 38.6 Å². The molecule has 0 spiro atoms. The molecule has 0 saturated heterocycles. The fourth-order valence-corrected chi connectivity index (χ4v) is 0.302. The Morgan fingerprint density at radius 3 is 2.50 bits per heavy atom. The van der Waals surface area contributed by atoms with E-state index in [0.29, 0.717) is 0 Å². The van der Waals surface area contributed by atoms with Crippen molar-refractivity contribution in [3.8, 4) is 0 Å². The number of hydrogen-bond acceptors (Lipinski definition) is 2. The van der Waals surface area contributed by atoms with Crippen LogP contribution in [0.1, 0.15) is 0 Å². The van der Waals surface area contributed by atoms with Crippen molar-refractivity contribution in [3.05, 3.63) is 0 Å². The first-order valence-corrected chi connectivity index (χ1v) is 2.61. The van der Waals surface area contributed by atoms with E-state index in [-0.39, 0.29) is 5.94 Å². The molecule has 3 nitrogen and oxygen atoms in total. The summed E-state index contributed by atoms with van der Waals surface area (Å²) in [5, 5.41) is 0. The van der Waals surface area contributed by atoms with E-state index in [9.17, 15) is 4.21 Å². The van der Waals surface area contributed by atoms with Crippen LogP contribution in [0.4, 0.5) is 0 Å². The summed E-state index contributed by atoms with van der Waals surface area (Å²) >= 11 is -1.79. The number of hydrogen-bond donors (Lipinski definition) is 1. The normalized spacial score (nSPS) is 14.3. The molecular formula is C2H6O3S. The van der Waals surface area contributed by atoms with Crippen LogP contribution in [-0.4, -0.2) is 21.8 Å². The van der Waals surface area contributed by atoms with Crippen molar-refractivity contribution >= 4 is 11.1 Å². The minimum absolute atomic E-state index is 0.0972. The van der Waals surface area contributed by atoms with Crippen molar-refractivity contribution in [2.45, 2.75) is 0 Å². The summed E-state index contributed by atoms with van der Waals surface area (Å²) in [4.78, 5) is 0. The van der Waals surface area contributed by atoms with Crippen LogP contribution in [-0.2, 0) is 15.8 Å². The Bertz CT molecular complexity index is 52.8. The van der Waals surface area contributed by atoms with Crippen LogP contribution in [0.3, 0.4) is 0 Å². The molecule has 0 heterocycles. The maximum Gasteiger partial charge on any atom is 0.179 e. The molecule has 38 valence electrons. The quantitative estimate of drug-likeness (QED) is 0.501. The number of rotatable bonds is 2. The maximum absolute atomic E-state index is 9.59. The zero-order chi connectivity index (χ0) is 4.99. The van der Waals surface area contributed by atoms with Gasteiger partial charge in [-0.05, 0) is 0 Å². The lowest BCUT2D eigenvalue weighted by atomic mass is 11.5. The number of methoxy groups -OCH3 is 1. The van der Waals surface area contributed by atoms with Gasteiger partial charge in [0.15, 0.2) is 11.1 Å². The van der Waals surface area contributed by atoms with Crippen molar-refractivity contribution in [1.82, 2.24) is 0 Å². The van der Waals surface area contributed by atoms with Gasteiger partial charge in [-0.25, -0.2) is 4.21 Å². The summed E-state index contributed by atoms with van der Waals surface area (Å²) in [5.41, 5.74) is 0. The first-order chi connectivity index (χ1) is 2.77. The second-order valence-electron chi connectivity index (χ2n) is 0.728. The van der Waals surface area contributed by atoms with E-state index in [1.807, 2.05) is 0 Å². The van der Waals surface area contributed by atoms with E-state index in [2.05, 4.69) is 4.74 Å². The molecule has 0 aromatic heterocycles. The van der Waals surface area contributed by atoms with Gasteiger partial charge in [0, 0.05) is 7.11 Å². The zero-order valence-electron chi connectivity index (χ0n) is 3.38. The van der Waals surface area contributed by atoms with Gasteiger partial charge in [-0.15, -0.1) is 0 Å². The van der Waals surface area contributed by atoms with Gasteiger partial charge in [0.2, 0.25) is 0 Å². The summed E-state index contributed by atoms with van der Waals surface area (Å²) in [6, 6.07) is 0. The highest BCUT2D eigenvalue weighted by Crippen LogP contribution is 1.69. The third-order valence-corrected chi connectivity index (χ3v) is 0.656. The van der Waals surface area contributed by atoms with Gasteiger partial charge in [0.25, 0.3) is 0 Å². The summed E-state index contributed by atoms with van der Waals surface area (Å²) in [6.07, 6.45) is 0. The van der Waals surface area contributed by atoms with Crippen molar-refractivity contribution < 1.29 is 13.5 Å². The van der Waals surface area contributed by atoms with Gasteiger partial charge in [-0.3, -0.25) is 0 Å². The molecule has 1 atom stereocenters. The molecule has 0 fully saturated rings. The number of ether oxygens (including phenoxy) is 1. The lowest BCUT2D eigenvalue weighted by Crippen LogP contribution is -1.94. The predicted octanol–water partition coefficient (Wildman–Crippen LogP) is -0.188. The molecule has 6 heavy (non-hydrogen) atoms. The minimum Gasteiger partial charge on any atom is -0.369 e. The molecule has 0 amide bonds. The molecule has 0 saturated carbocycles. The van der Waals surface area contributed by atoms with Crippen LogP contribution >= 0.6 is 0 Å². The lowest BCUT2D eigenvalue weighted by Gasteiger charge is -1.85. The molecule has 0 bridgehead atoms. The van der Waals surface area contributed by atoms with Gasteiger partial charge in [-0.2, -0.15) is 0 Å². The summed E-state index contributed by atoms with van der Waals surface area (Å²) in [5.74, 6) is -0.0972. The average Bonchev–Trinajstić information content (AvgIpc) is 1.35. The van der Waals surface area contributed by atoms with E-state index in [1.54, 1.807) is 0 Å². The van der Waals surface area contributed by atoms with E-state index in [0.717, 1.165) is 0 Å². The van der Waals surface area contributed by atoms with E-state index >= 15 is 0 Å². The highest BCUT2D eigenvalue weighted by molar-refractivity contribution is 7.79. The highest BCUT2D eigenvalue weighted by Gasteiger charge is 1.83. The SMILES string of the molecule is COCS(=O)O. The zero-order valence-corrected chi connectivity index (χ0v) is 4.20. The minimum atomic E-state index is -1.79. The molecule has 0 aromatic carbocycles. The van der Waals surface area contributed by atoms with Crippen LogP contribution in [0.15, 0.2) is 0 Å². The van der Waals surface area contributed by atoms with Crippen LogP contribution in [0.2, 0.25) is 0 Å². The van der Waals surface area contributed by atoms with Crippen LogP contribution in [0.5, 0.6) is 0 Å². The van der Waals surface area contributed by atoms with E-state index in [1.165, 1.54) is 7.11 Å². The Hall–Kier alpha value is 0.0700. The predicted molar refractivity (Wildman–Crippen MR) is 22.6 cm³/mol. The molecule has 0 aliphatic heterocycles. The Kier molecular flexibility index (Phi) is 3.31. The van der Waals surface area contributed by atoms with Gasteiger partial charge in [-0.1, -0.05) is 0 Å². The highest BCUT2D eigenvalue weighted by atomic mass is 32.2. The molecule has 0 radical (unpaired) electrons. The molecule has 4 heteroatoms. The van der Waals surface area contributed by atoms with Crippen LogP contribution in [0, 0.1) is 0 Å². The van der Waals surface area contributed by atoms with Crippen LogP contribution in [0.25, 0.3) is 0 Å². The molecule has 0 aromatic rings. The Balaban J connectivity index is 2.83. The van der Waals surface area contributed by atoms with Gasteiger partial charge >= 0.3 is 0 Å². The molecule has 0 aliphatic rings. The molecular weight excluding hydrogens is 104 g/mol. The Morgan fingerprint density at radius 1 is 2.00 bits per heavy atom. The Morgan fingerprint density at radius 2 is 2.50 bits per heavy atom. The lowest BCUT2D eigenvalue weighted by molar-refractivity contribution is 0.248. The molecule has 0 rings (SSSR count). The molecule has 1 N–H and O–H groups in total. The van der Waals surface area contributed by atoms with Crippen molar-refractivity contribution in [2.75, 3.05) is 13.0 Å². The maximum atomic E-state index is 9.59. The van der Waals surface area contributed by atoms with Crippen LogP contribution < -0.4 is 0 Å². The first kappa shape index (κ1) is 6.07. The standard InChI is InChI=1S/C2H6O3S/c1-5-2-6(3)4/h2H2,1H3,(H,3,4). The first-order valence-electron chi connectivity index (χ1n) is 1.33. The molecule has 0 aliphatic carbocycles. The van der Waals surface area contributed by atoms with Gasteiger partial charge in [0.1, 0.15) is 5.94 Å². The third kappa shape index (κ3) is 4.07. The van der Waals surface area contributed by atoms with E-state index < -0.39 is 11.1 Å². The van der Waals surface area contributed by atoms with Gasteiger partial charge < -0.3 is 9.29 Å². The summed E-state index contributed by atoms with van der Waals surface area (Å²) in [6.45, 7) is 0. The largest absolute Gasteiger partial charge is 0.369 e. The topological polar surface area (TPSA) is 46.5 Å². The second-order valence-corrected chi connectivity index (χ2v) is 1.61. The summed E-state index contributed by atoms with van der Waals surface area (Å²) < 4.78 is 21.7. The van der Waals surface area contributed by atoms with Crippen molar-refractivity contribution in [1.29, 1.82) is 0 Å². The third-order valence-electron chi connectivity index (χ3n) is 0.219. The van der Waals surface area contributed by atoms with Gasteiger partial charge in [0.05, 0.1) is 0 Å². The van der Waals surface area contributed by atoms with Crippen molar-refractivity contribution in [3.63, 3.8) is 0 Å². The second kappa shape index (κ2) is 3.27. The summed E-state index contributed by atoms with van der Waals surface area (Å²) in [7, 11) is 1.37. The van der Waals surface area contributed by atoms with E-state index in [4.69, 9.17) is 4.55 Å². The van der Waals surface area contributed by atoms with Crippen molar-refractivity contribution in [2.24, 2.45) is 0 Å². The fraction of sp³-hybridized carbons (Fsp3) is 1.00. The smallest absolute Gasteiger partial charge is 0.179 e. The fourth-order valence-electron chi connectivity index (χ4n) is 0.101. The average molecular weight is 110 g/mol. The molecule has 1 unspecified atom stereocenters. The monoisotopic (exact) mass is 110 g/mol.